The Balaban J connectivity index is 1.53. The summed E-state index contributed by atoms with van der Waals surface area (Å²) in [5.74, 6) is -0.510. The molecule has 1 heterocycles. The number of phenolic OH excluding ortho intramolecular Hbond substituents is 1. The van der Waals surface area contributed by atoms with Crippen LogP contribution in [0.2, 0.25) is 0 Å². The molecular weight excluding hydrogens is 791 g/mol. The van der Waals surface area contributed by atoms with E-state index in [2.05, 4.69) is 35.7 Å². The van der Waals surface area contributed by atoms with Crippen LogP contribution in [0.3, 0.4) is 0 Å². The molecule has 0 spiro atoms. The number of hydrogen-bond donors (Lipinski definition) is 7. The number of nitrogens with zero attached hydrogens (tertiary/aromatic N) is 7. The molecule has 0 aliphatic rings. The van der Waals surface area contributed by atoms with E-state index in [1.807, 2.05) is 0 Å². The third kappa shape index (κ3) is 10.7. The average molecular weight is 826 g/mol. The van der Waals surface area contributed by atoms with Gasteiger partial charge in [-0.15, -0.1) is 15.3 Å². The molecular formula is C35H35N7O13S2. The lowest BCUT2D eigenvalue weighted by molar-refractivity contribution is 0.0538. The van der Waals surface area contributed by atoms with Crippen LogP contribution in [0.5, 0.6) is 17.2 Å². The van der Waals surface area contributed by atoms with Gasteiger partial charge < -0.3 is 35.0 Å². The third-order valence-electron chi connectivity index (χ3n) is 7.84. The lowest BCUT2D eigenvalue weighted by Crippen LogP contribution is -2.21. The smallest absolute Gasteiger partial charge is 0.295 e. The quantitative estimate of drug-likeness (QED) is 0.0460. The summed E-state index contributed by atoms with van der Waals surface area (Å²) in [6.07, 6.45) is -1.25. The average Bonchev–Trinajstić information content (AvgIpc) is 3.17. The number of fused-ring (bicyclic) bond motifs is 1. The first-order valence-corrected chi connectivity index (χ1v) is 19.4. The summed E-state index contributed by atoms with van der Waals surface area (Å²) in [4.78, 5) is 3.04. The van der Waals surface area contributed by atoms with Crippen molar-refractivity contribution in [2.24, 2.45) is 30.7 Å². The summed E-state index contributed by atoms with van der Waals surface area (Å²) in [6, 6.07) is 14.6. The minimum atomic E-state index is -4.78. The number of aromatic hydroxyl groups is 1. The zero-order valence-electron chi connectivity index (χ0n) is 29.9. The van der Waals surface area contributed by atoms with Crippen molar-refractivity contribution >= 4 is 65.3 Å². The molecule has 2 atom stereocenters. The largest absolute Gasteiger partial charge is 0.504 e. The van der Waals surface area contributed by atoms with Crippen LogP contribution in [0.4, 0.5) is 34.1 Å². The van der Waals surface area contributed by atoms with E-state index in [0.717, 1.165) is 12.1 Å². The normalized spacial score (nSPS) is 13.5. The van der Waals surface area contributed by atoms with Gasteiger partial charge in [0.25, 0.3) is 20.2 Å². The van der Waals surface area contributed by atoms with Gasteiger partial charge in [-0.25, -0.2) is 0 Å². The Kier molecular flexibility index (Phi) is 13.3. The van der Waals surface area contributed by atoms with Crippen LogP contribution >= 0.6 is 0 Å². The Morgan fingerprint density at radius 2 is 1.18 bits per heavy atom. The highest BCUT2D eigenvalue weighted by atomic mass is 32.2. The van der Waals surface area contributed by atoms with Crippen molar-refractivity contribution < 1.29 is 60.9 Å². The van der Waals surface area contributed by atoms with Crippen LogP contribution in [0.15, 0.2) is 113 Å². The van der Waals surface area contributed by atoms with E-state index < -0.39 is 62.9 Å². The zero-order chi connectivity index (χ0) is 41.5. The fourth-order valence-corrected chi connectivity index (χ4v) is 6.14. The van der Waals surface area contributed by atoms with Gasteiger partial charge in [0.15, 0.2) is 5.75 Å². The van der Waals surface area contributed by atoms with Crippen molar-refractivity contribution in [3.63, 3.8) is 0 Å². The molecule has 0 fully saturated rings. The molecule has 1 aromatic heterocycles. The van der Waals surface area contributed by atoms with E-state index in [1.54, 1.807) is 13.8 Å². The number of aliphatic hydroxyl groups excluding tert-OH is 4. The highest BCUT2D eigenvalue weighted by molar-refractivity contribution is 7.86. The predicted molar refractivity (Wildman–Crippen MR) is 202 cm³/mol. The summed E-state index contributed by atoms with van der Waals surface area (Å²) in [5.41, 5.74) is 1.15. The summed E-state index contributed by atoms with van der Waals surface area (Å²) in [7, 11) is -9.27. The minimum absolute atomic E-state index is 0.0141. The molecule has 0 radical (unpaired) electrons. The first-order chi connectivity index (χ1) is 27.0. The minimum Gasteiger partial charge on any atom is -0.504 e. The van der Waals surface area contributed by atoms with Crippen LogP contribution in [0.1, 0.15) is 11.1 Å². The maximum Gasteiger partial charge on any atom is 0.295 e. The first-order valence-electron chi connectivity index (χ1n) is 16.5. The molecule has 4 aromatic carbocycles. The van der Waals surface area contributed by atoms with Crippen molar-refractivity contribution in [3.05, 3.63) is 84.1 Å². The Bertz CT molecular complexity index is 2600. The van der Waals surface area contributed by atoms with Crippen molar-refractivity contribution in [1.29, 1.82) is 0 Å². The standard InChI is InChI=1S/C35H35N7O13S2/c1-19-9-28(31(54-17-22(45)15-43)12-26(19)38-37-21-5-3-6-24(11-21)56(48,49)50)40-39-27-13-32(55-18-23(46)16-44)29(10-20(27)2)41-42-30-14-33(57(51,52)53)25-7-4-8-36-34(25)35(30)47/h3-14,22-23,43-47H,15-18H2,1-2H3,(H,48,49,50)(H,51,52,53)/b38-37+,40-39+,42-41+. The molecule has 0 amide bonds. The number of aryl methyl sites for hydroxylation is 2. The van der Waals surface area contributed by atoms with E-state index in [9.17, 15) is 51.5 Å². The predicted octanol–water partition coefficient (Wildman–Crippen LogP) is 5.76. The monoisotopic (exact) mass is 825 g/mol. The second-order valence-electron chi connectivity index (χ2n) is 12.2. The van der Waals surface area contributed by atoms with Gasteiger partial charge in [0.1, 0.15) is 64.4 Å². The third-order valence-corrected chi connectivity index (χ3v) is 9.59. The molecule has 5 aromatic rings. The molecule has 20 nitrogen and oxygen atoms in total. The Morgan fingerprint density at radius 1 is 0.649 bits per heavy atom. The van der Waals surface area contributed by atoms with Crippen molar-refractivity contribution in [1.82, 2.24) is 4.98 Å². The fourth-order valence-electron chi connectivity index (χ4n) is 4.91. The summed E-state index contributed by atoms with van der Waals surface area (Å²) < 4.78 is 78.0. The van der Waals surface area contributed by atoms with Crippen LogP contribution in [-0.4, -0.2) is 95.1 Å². The van der Waals surface area contributed by atoms with E-state index in [0.29, 0.717) is 11.1 Å². The van der Waals surface area contributed by atoms with Gasteiger partial charge in [-0.3, -0.25) is 14.1 Å². The lowest BCUT2D eigenvalue weighted by Gasteiger charge is -2.14. The highest BCUT2D eigenvalue weighted by Gasteiger charge is 2.21. The van der Waals surface area contributed by atoms with Crippen molar-refractivity contribution in [2.45, 2.75) is 35.8 Å². The molecule has 0 saturated heterocycles. The summed E-state index contributed by atoms with van der Waals surface area (Å²) in [5, 5.41) is 74.4. The number of phenols is 1. The summed E-state index contributed by atoms with van der Waals surface area (Å²) in [6.45, 7) is 1.31. The molecule has 0 aliphatic heterocycles. The second kappa shape index (κ2) is 18.0. The number of aliphatic hydroxyl groups is 4. The van der Waals surface area contributed by atoms with Crippen LogP contribution in [-0.2, 0) is 20.2 Å². The maximum absolute atomic E-state index is 12.1. The van der Waals surface area contributed by atoms with Crippen molar-refractivity contribution in [2.75, 3.05) is 26.4 Å². The van der Waals surface area contributed by atoms with Crippen LogP contribution < -0.4 is 9.47 Å². The van der Waals surface area contributed by atoms with Gasteiger partial charge >= 0.3 is 0 Å². The number of rotatable bonds is 16. The molecule has 57 heavy (non-hydrogen) atoms. The molecule has 0 aliphatic carbocycles. The number of azo groups is 3. The lowest BCUT2D eigenvalue weighted by atomic mass is 10.1. The molecule has 0 saturated carbocycles. The zero-order valence-corrected chi connectivity index (χ0v) is 31.6. The molecule has 300 valence electrons. The first kappa shape index (κ1) is 42.3. The molecule has 0 bridgehead atoms. The van der Waals surface area contributed by atoms with E-state index >= 15 is 0 Å². The maximum atomic E-state index is 12.1. The van der Waals surface area contributed by atoms with Crippen molar-refractivity contribution in [3.8, 4) is 17.2 Å². The Labute approximate surface area is 324 Å². The van der Waals surface area contributed by atoms with Gasteiger partial charge in [0.05, 0.1) is 35.2 Å². The number of ether oxygens (including phenoxy) is 2. The molecule has 7 N–H and O–H groups in total. The van der Waals surface area contributed by atoms with Gasteiger partial charge in [0.2, 0.25) is 0 Å². The summed E-state index contributed by atoms with van der Waals surface area (Å²) >= 11 is 0. The van der Waals surface area contributed by atoms with E-state index in [4.69, 9.17) is 9.47 Å². The van der Waals surface area contributed by atoms with Gasteiger partial charge in [-0.05, 0) is 73.5 Å². The van der Waals surface area contributed by atoms with E-state index in [-0.39, 0.29) is 68.0 Å². The SMILES string of the molecule is Cc1cc(/N=N/c2cc(OCC(O)CO)c(/N=N/c3cc(S(=O)(=O)O)c4cccnc4c3O)cc2C)c(OCC(O)CO)cc1/N=N/c1cccc(S(=O)(=O)O)c1. The highest BCUT2D eigenvalue weighted by Crippen LogP contribution is 2.42. The topological polar surface area (TPSA) is 315 Å². The van der Waals surface area contributed by atoms with Crippen LogP contribution in [0.25, 0.3) is 10.9 Å². The number of aromatic nitrogens is 1. The molecule has 2 unspecified atom stereocenters. The Morgan fingerprint density at radius 3 is 1.70 bits per heavy atom. The molecule has 22 heteroatoms. The van der Waals surface area contributed by atoms with Gasteiger partial charge in [0, 0.05) is 23.7 Å². The van der Waals surface area contributed by atoms with Gasteiger partial charge in [-0.1, -0.05) is 6.07 Å². The number of benzene rings is 4. The Hall–Kier alpha value is -5.85. The van der Waals surface area contributed by atoms with Gasteiger partial charge in [-0.2, -0.15) is 32.2 Å². The molecule has 5 rings (SSSR count). The number of pyridine rings is 1. The van der Waals surface area contributed by atoms with E-state index in [1.165, 1.54) is 60.8 Å². The van der Waals surface area contributed by atoms with Crippen LogP contribution in [0, 0.1) is 13.8 Å². The number of hydrogen-bond acceptors (Lipinski definition) is 18. The second-order valence-corrected chi connectivity index (χ2v) is 15.0. The fraction of sp³-hybridized carbons (Fsp3) is 0.229.